The number of rotatable bonds is 5. The standard InChI is InChI=1S/C14H19NO3/c1-5-12-13(7-6-11(3)15-12)18-9-8-10(2)14(16)17-4/h6-8H,5,9H2,1-4H3/b10-8-. The van der Waals surface area contributed by atoms with Gasteiger partial charge in [-0.25, -0.2) is 4.79 Å². The van der Waals surface area contributed by atoms with Crippen molar-refractivity contribution < 1.29 is 14.3 Å². The maximum absolute atomic E-state index is 11.2. The van der Waals surface area contributed by atoms with E-state index in [-0.39, 0.29) is 5.97 Å². The zero-order valence-corrected chi connectivity index (χ0v) is 11.3. The Balaban J connectivity index is 2.67. The predicted molar refractivity (Wildman–Crippen MR) is 69.6 cm³/mol. The summed E-state index contributed by atoms with van der Waals surface area (Å²) in [6.07, 6.45) is 2.52. The highest BCUT2D eigenvalue weighted by atomic mass is 16.5. The van der Waals surface area contributed by atoms with Crippen molar-refractivity contribution in [2.24, 2.45) is 0 Å². The maximum Gasteiger partial charge on any atom is 0.333 e. The van der Waals surface area contributed by atoms with Crippen molar-refractivity contribution in [1.82, 2.24) is 4.98 Å². The smallest absolute Gasteiger partial charge is 0.333 e. The molecule has 0 unspecified atom stereocenters. The summed E-state index contributed by atoms with van der Waals surface area (Å²) in [5.74, 6) is 0.424. The molecule has 1 aromatic heterocycles. The molecule has 0 aliphatic heterocycles. The van der Waals surface area contributed by atoms with Gasteiger partial charge in [-0.05, 0) is 38.5 Å². The van der Waals surface area contributed by atoms with Crippen molar-refractivity contribution in [2.45, 2.75) is 27.2 Å². The molecule has 0 saturated carbocycles. The zero-order chi connectivity index (χ0) is 13.5. The molecule has 1 heterocycles. The van der Waals surface area contributed by atoms with Crippen LogP contribution in [0.4, 0.5) is 0 Å². The molecule has 4 nitrogen and oxygen atoms in total. The van der Waals surface area contributed by atoms with E-state index in [1.807, 2.05) is 26.0 Å². The minimum Gasteiger partial charge on any atom is -0.488 e. The number of hydrogen-bond donors (Lipinski definition) is 0. The molecule has 0 aliphatic rings. The first-order chi connectivity index (χ1) is 8.58. The predicted octanol–water partition coefficient (Wildman–Crippen LogP) is 2.45. The summed E-state index contributed by atoms with van der Waals surface area (Å²) in [5.41, 5.74) is 2.44. The average molecular weight is 249 g/mol. The van der Waals surface area contributed by atoms with E-state index in [2.05, 4.69) is 9.72 Å². The molecule has 0 aliphatic carbocycles. The van der Waals surface area contributed by atoms with Crippen molar-refractivity contribution in [3.63, 3.8) is 0 Å². The van der Waals surface area contributed by atoms with Crippen molar-refractivity contribution >= 4 is 5.97 Å². The Morgan fingerprint density at radius 1 is 1.44 bits per heavy atom. The van der Waals surface area contributed by atoms with Gasteiger partial charge in [0, 0.05) is 11.3 Å². The van der Waals surface area contributed by atoms with Crippen LogP contribution in [0.25, 0.3) is 0 Å². The number of aromatic nitrogens is 1. The third-order valence-corrected chi connectivity index (χ3v) is 2.54. The van der Waals surface area contributed by atoms with Crippen LogP contribution < -0.4 is 4.74 Å². The Hall–Kier alpha value is -1.84. The van der Waals surface area contributed by atoms with Gasteiger partial charge in [0.15, 0.2) is 0 Å². The molecule has 0 aromatic carbocycles. The molecule has 4 heteroatoms. The first-order valence-corrected chi connectivity index (χ1v) is 5.92. The van der Waals surface area contributed by atoms with E-state index in [9.17, 15) is 4.79 Å². The number of methoxy groups -OCH3 is 1. The van der Waals surface area contributed by atoms with E-state index in [0.29, 0.717) is 12.2 Å². The summed E-state index contributed by atoms with van der Waals surface area (Å²) in [7, 11) is 1.36. The molecular weight excluding hydrogens is 230 g/mol. The summed E-state index contributed by atoms with van der Waals surface area (Å²) in [5, 5.41) is 0. The third-order valence-electron chi connectivity index (χ3n) is 2.54. The van der Waals surface area contributed by atoms with E-state index in [4.69, 9.17) is 4.74 Å². The summed E-state index contributed by atoms with van der Waals surface area (Å²) in [4.78, 5) is 15.6. The van der Waals surface area contributed by atoms with E-state index >= 15 is 0 Å². The van der Waals surface area contributed by atoms with Gasteiger partial charge in [0.05, 0.1) is 12.8 Å². The Morgan fingerprint density at radius 3 is 2.78 bits per heavy atom. The van der Waals surface area contributed by atoms with E-state index in [0.717, 1.165) is 23.6 Å². The first kappa shape index (κ1) is 14.2. The van der Waals surface area contributed by atoms with Gasteiger partial charge in [0.25, 0.3) is 0 Å². The number of hydrogen-bond acceptors (Lipinski definition) is 4. The lowest BCUT2D eigenvalue weighted by atomic mass is 10.2. The SMILES string of the molecule is CCc1nc(C)ccc1OC/C=C(/C)C(=O)OC. The van der Waals surface area contributed by atoms with Gasteiger partial charge in [-0.1, -0.05) is 6.92 Å². The second-order valence-corrected chi connectivity index (χ2v) is 3.94. The van der Waals surface area contributed by atoms with Crippen LogP contribution in [-0.4, -0.2) is 24.7 Å². The topological polar surface area (TPSA) is 48.4 Å². The molecule has 1 aromatic rings. The quantitative estimate of drug-likeness (QED) is 0.594. The lowest BCUT2D eigenvalue weighted by Crippen LogP contribution is -2.05. The summed E-state index contributed by atoms with van der Waals surface area (Å²) in [6, 6.07) is 3.81. The fourth-order valence-corrected chi connectivity index (χ4v) is 1.48. The maximum atomic E-state index is 11.2. The average Bonchev–Trinajstić information content (AvgIpc) is 2.39. The molecular formula is C14H19NO3. The highest BCUT2D eigenvalue weighted by Gasteiger charge is 2.05. The first-order valence-electron chi connectivity index (χ1n) is 5.92. The van der Waals surface area contributed by atoms with Gasteiger partial charge < -0.3 is 9.47 Å². The Morgan fingerprint density at radius 2 is 2.17 bits per heavy atom. The number of ether oxygens (including phenoxy) is 2. The van der Waals surface area contributed by atoms with Crippen LogP contribution in [-0.2, 0) is 16.0 Å². The molecule has 98 valence electrons. The summed E-state index contributed by atoms with van der Waals surface area (Å²) < 4.78 is 10.2. The van der Waals surface area contributed by atoms with E-state index in [1.54, 1.807) is 13.0 Å². The zero-order valence-electron chi connectivity index (χ0n) is 11.3. The molecule has 0 amide bonds. The number of carbonyl (C=O) groups is 1. The minimum absolute atomic E-state index is 0.332. The second kappa shape index (κ2) is 6.79. The molecule has 0 radical (unpaired) electrons. The number of nitrogens with zero attached hydrogens (tertiary/aromatic N) is 1. The fourth-order valence-electron chi connectivity index (χ4n) is 1.48. The number of aryl methyl sites for hydroxylation is 2. The second-order valence-electron chi connectivity index (χ2n) is 3.94. The highest BCUT2D eigenvalue weighted by Crippen LogP contribution is 2.17. The molecule has 1 rings (SSSR count). The highest BCUT2D eigenvalue weighted by molar-refractivity contribution is 5.87. The summed E-state index contributed by atoms with van der Waals surface area (Å²) in [6.45, 7) is 6.01. The number of esters is 1. The third kappa shape index (κ3) is 3.87. The molecule has 0 saturated heterocycles. The molecule has 0 fully saturated rings. The largest absolute Gasteiger partial charge is 0.488 e. The van der Waals surface area contributed by atoms with Crippen LogP contribution in [0.2, 0.25) is 0 Å². The van der Waals surface area contributed by atoms with E-state index in [1.165, 1.54) is 7.11 Å². The molecule has 0 bridgehead atoms. The monoisotopic (exact) mass is 249 g/mol. The fraction of sp³-hybridized carbons (Fsp3) is 0.429. The van der Waals surface area contributed by atoms with Crippen molar-refractivity contribution in [1.29, 1.82) is 0 Å². The van der Waals surface area contributed by atoms with Crippen molar-refractivity contribution in [3.05, 3.63) is 35.2 Å². The van der Waals surface area contributed by atoms with Crippen molar-refractivity contribution in [3.8, 4) is 5.75 Å². The number of carbonyl (C=O) groups excluding carboxylic acids is 1. The summed E-state index contributed by atoms with van der Waals surface area (Å²) >= 11 is 0. The van der Waals surface area contributed by atoms with Crippen molar-refractivity contribution in [2.75, 3.05) is 13.7 Å². The molecule has 0 N–H and O–H groups in total. The van der Waals surface area contributed by atoms with Crippen LogP contribution in [0.15, 0.2) is 23.8 Å². The van der Waals surface area contributed by atoms with Crippen LogP contribution in [0.3, 0.4) is 0 Å². The van der Waals surface area contributed by atoms with Crippen LogP contribution in [0, 0.1) is 6.92 Å². The number of pyridine rings is 1. The lowest BCUT2D eigenvalue weighted by Gasteiger charge is -2.09. The van der Waals surface area contributed by atoms with Crippen LogP contribution in [0.1, 0.15) is 25.2 Å². The van der Waals surface area contributed by atoms with Crippen LogP contribution in [0.5, 0.6) is 5.75 Å². The van der Waals surface area contributed by atoms with Gasteiger partial charge in [0.2, 0.25) is 0 Å². The van der Waals surface area contributed by atoms with Gasteiger partial charge in [-0.2, -0.15) is 0 Å². The van der Waals surface area contributed by atoms with Crippen LogP contribution >= 0.6 is 0 Å². The Kier molecular flexibility index (Phi) is 5.36. The Bertz CT molecular complexity index is 452. The molecule has 18 heavy (non-hydrogen) atoms. The lowest BCUT2D eigenvalue weighted by molar-refractivity contribution is -0.136. The molecule has 0 spiro atoms. The Labute approximate surface area is 108 Å². The van der Waals surface area contributed by atoms with Gasteiger partial charge in [0.1, 0.15) is 12.4 Å². The van der Waals surface area contributed by atoms with Gasteiger partial charge in [-0.15, -0.1) is 0 Å². The normalized spacial score (nSPS) is 11.2. The van der Waals surface area contributed by atoms with Gasteiger partial charge in [-0.3, -0.25) is 4.98 Å². The van der Waals surface area contributed by atoms with E-state index < -0.39 is 0 Å². The van der Waals surface area contributed by atoms with Gasteiger partial charge >= 0.3 is 5.97 Å². The minimum atomic E-state index is -0.337. The molecule has 0 atom stereocenters.